The summed E-state index contributed by atoms with van der Waals surface area (Å²) in [6.07, 6.45) is 0. The zero-order chi connectivity index (χ0) is 15.9. The largest absolute Gasteiger partial charge is 0.489 e. The average molecular weight is 299 g/mol. The number of aliphatic hydroxyl groups excluding tert-OH is 1. The Morgan fingerprint density at radius 2 is 2.00 bits per heavy atom. The van der Waals surface area contributed by atoms with Gasteiger partial charge in [0, 0.05) is 12.1 Å². The number of aliphatic hydroxyl groups is 1. The summed E-state index contributed by atoms with van der Waals surface area (Å²) in [5.41, 5.74) is 4.03. The summed E-state index contributed by atoms with van der Waals surface area (Å²) in [6.45, 7) is 4.74. The van der Waals surface area contributed by atoms with Gasteiger partial charge in [0.05, 0.1) is 6.61 Å². The molecular weight excluding hydrogens is 278 g/mol. The SMILES string of the molecule is Cc1ccc(C)c(COc2cccc(C(=O)NCCO)c2)c1. The molecule has 0 spiro atoms. The standard InChI is InChI=1S/C18H21NO3/c1-13-6-7-14(2)16(10-13)12-22-17-5-3-4-15(11-17)18(21)19-8-9-20/h3-7,10-11,20H,8-9,12H2,1-2H3,(H,19,21). The highest BCUT2D eigenvalue weighted by Gasteiger charge is 2.06. The van der Waals surface area contributed by atoms with Gasteiger partial charge in [-0.15, -0.1) is 0 Å². The minimum Gasteiger partial charge on any atom is -0.489 e. The quantitative estimate of drug-likeness (QED) is 0.862. The van der Waals surface area contributed by atoms with Gasteiger partial charge in [-0.1, -0.05) is 29.8 Å². The highest BCUT2D eigenvalue weighted by atomic mass is 16.5. The molecule has 0 aliphatic rings. The molecular formula is C18H21NO3. The minimum atomic E-state index is -0.216. The van der Waals surface area contributed by atoms with E-state index in [4.69, 9.17) is 9.84 Å². The first-order chi connectivity index (χ1) is 10.6. The normalized spacial score (nSPS) is 10.3. The third-order valence-corrected chi connectivity index (χ3v) is 3.39. The van der Waals surface area contributed by atoms with E-state index in [0.29, 0.717) is 17.9 Å². The Bertz CT molecular complexity index is 653. The molecule has 0 saturated heterocycles. The van der Waals surface area contributed by atoms with Crippen molar-refractivity contribution < 1.29 is 14.6 Å². The predicted octanol–water partition coefficient (Wildman–Crippen LogP) is 2.60. The van der Waals surface area contributed by atoms with Gasteiger partial charge < -0.3 is 15.2 Å². The number of carbonyl (C=O) groups is 1. The van der Waals surface area contributed by atoms with Crippen molar-refractivity contribution in [1.82, 2.24) is 5.32 Å². The van der Waals surface area contributed by atoms with Crippen LogP contribution in [-0.2, 0) is 6.61 Å². The van der Waals surface area contributed by atoms with E-state index >= 15 is 0 Å². The second-order valence-electron chi connectivity index (χ2n) is 5.23. The van der Waals surface area contributed by atoms with Gasteiger partial charge in [0.25, 0.3) is 5.91 Å². The number of ether oxygens (including phenoxy) is 1. The summed E-state index contributed by atoms with van der Waals surface area (Å²) in [5, 5.41) is 11.4. The van der Waals surface area contributed by atoms with E-state index in [0.717, 1.165) is 5.56 Å². The topological polar surface area (TPSA) is 58.6 Å². The van der Waals surface area contributed by atoms with Crippen LogP contribution < -0.4 is 10.1 Å². The summed E-state index contributed by atoms with van der Waals surface area (Å²) >= 11 is 0. The first-order valence-corrected chi connectivity index (χ1v) is 7.28. The first-order valence-electron chi connectivity index (χ1n) is 7.28. The molecule has 1 amide bonds. The molecule has 0 heterocycles. The third kappa shape index (κ3) is 4.33. The van der Waals surface area contributed by atoms with Crippen LogP contribution in [0.5, 0.6) is 5.75 Å². The van der Waals surface area contributed by atoms with Crippen LogP contribution in [0.1, 0.15) is 27.0 Å². The molecule has 0 radical (unpaired) electrons. The van der Waals surface area contributed by atoms with Gasteiger partial charge >= 0.3 is 0 Å². The van der Waals surface area contributed by atoms with Crippen molar-refractivity contribution in [3.05, 3.63) is 64.7 Å². The highest BCUT2D eigenvalue weighted by Crippen LogP contribution is 2.17. The summed E-state index contributed by atoms with van der Waals surface area (Å²) in [7, 11) is 0. The van der Waals surface area contributed by atoms with Crippen LogP contribution in [0, 0.1) is 13.8 Å². The van der Waals surface area contributed by atoms with Gasteiger partial charge in [0.15, 0.2) is 0 Å². The van der Waals surface area contributed by atoms with E-state index in [1.54, 1.807) is 18.2 Å². The molecule has 0 fully saturated rings. The van der Waals surface area contributed by atoms with Crippen LogP contribution in [0.4, 0.5) is 0 Å². The van der Waals surface area contributed by atoms with E-state index in [-0.39, 0.29) is 19.1 Å². The lowest BCUT2D eigenvalue weighted by molar-refractivity contribution is 0.0944. The fourth-order valence-electron chi connectivity index (χ4n) is 2.12. The third-order valence-electron chi connectivity index (χ3n) is 3.39. The number of carbonyl (C=O) groups excluding carboxylic acids is 1. The fraction of sp³-hybridized carbons (Fsp3) is 0.278. The summed E-state index contributed by atoms with van der Waals surface area (Å²) in [4.78, 5) is 11.9. The zero-order valence-electron chi connectivity index (χ0n) is 12.9. The van der Waals surface area contributed by atoms with Crippen LogP contribution in [0.3, 0.4) is 0 Å². The second kappa shape index (κ2) is 7.61. The summed E-state index contributed by atoms with van der Waals surface area (Å²) in [5.74, 6) is 0.434. The Labute approximate surface area is 130 Å². The molecule has 0 aromatic heterocycles. The van der Waals surface area contributed by atoms with E-state index in [2.05, 4.69) is 37.4 Å². The first kappa shape index (κ1) is 16.0. The molecule has 0 aliphatic heterocycles. The number of nitrogens with one attached hydrogen (secondary N) is 1. The molecule has 116 valence electrons. The highest BCUT2D eigenvalue weighted by molar-refractivity contribution is 5.94. The van der Waals surface area contributed by atoms with E-state index in [9.17, 15) is 4.79 Å². The molecule has 0 aliphatic carbocycles. The molecule has 4 nitrogen and oxygen atoms in total. The Morgan fingerprint density at radius 1 is 1.18 bits per heavy atom. The van der Waals surface area contributed by atoms with Gasteiger partial charge in [-0.05, 0) is 43.2 Å². The van der Waals surface area contributed by atoms with Gasteiger partial charge in [-0.2, -0.15) is 0 Å². The molecule has 2 aromatic rings. The van der Waals surface area contributed by atoms with Crippen LogP contribution in [0.25, 0.3) is 0 Å². The molecule has 0 bridgehead atoms. The van der Waals surface area contributed by atoms with Crippen molar-refractivity contribution in [2.24, 2.45) is 0 Å². The lowest BCUT2D eigenvalue weighted by atomic mass is 10.1. The van der Waals surface area contributed by atoms with E-state index < -0.39 is 0 Å². The van der Waals surface area contributed by atoms with Gasteiger partial charge in [0.2, 0.25) is 0 Å². The van der Waals surface area contributed by atoms with Crippen LogP contribution >= 0.6 is 0 Å². The van der Waals surface area contributed by atoms with E-state index in [1.165, 1.54) is 11.1 Å². The van der Waals surface area contributed by atoms with Gasteiger partial charge in [-0.3, -0.25) is 4.79 Å². The van der Waals surface area contributed by atoms with Crippen molar-refractivity contribution in [2.75, 3.05) is 13.2 Å². The maximum absolute atomic E-state index is 11.9. The fourth-order valence-corrected chi connectivity index (χ4v) is 2.12. The van der Waals surface area contributed by atoms with Crippen molar-refractivity contribution in [1.29, 1.82) is 0 Å². The lowest BCUT2D eigenvalue weighted by Crippen LogP contribution is -2.26. The molecule has 22 heavy (non-hydrogen) atoms. The maximum Gasteiger partial charge on any atom is 0.251 e. The second-order valence-corrected chi connectivity index (χ2v) is 5.23. The molecule has 4 heteroatoms. The number of benzene rings is 2. The van der Waals surface area contributed by atoms with Crippen molar-refractivity contribution >= 4 is 5.91 Å². The summed E-state index contributed by atoms with van der Waals surface area (Å²) < 4.78 is 5.79. The number of hydrogen-bond acceptors (Lipinski definition) is 3. The number of aryl methyl sites for hydroxylation is 2. The minimum absolute atomic E-state index is 0.0748. The zero-order valence-corrected chi connectivity index (χ0v) is 12.9. The van der Waals surface area contributed by atoms with Gasteiger partial charge in [-0.25, -0.2) is 0 Å². The van der Waals surface area contributed by atoms with Crippen LogP contribution in [-0.4, -0.2) is 24.2 Å². The average Bonchev–Trinajstić information content (AvgIpc) is 2.53. The van der Waals surface area contributed by atoms with Gasteiger partial charge in [0.1, 0.15) is 12.4 Å². The monoisotopic (exact) mass is 299 g/mol. The van der Waals surface area contributed by atoms with Crippen LogP contribution in [0.15, 0.2) is 42.5 Å². The van der Waals surface area contributed by atoms with Crippen LogP contribution in [0.2, 0.25) is 0 Å². The molecule has 0 unspecified atom stereocenters. The smallest absolute Gasteiger partial charge is 0.251 e. The Hall–Kier alpha value is -2.33. The van der Waals surface area contributed by atoms with Crippen molar-refractivity contribution in [3.63, 3.8) is 0 Å². The Balaban J connectivity index is 2.04. The van der Waals surface area contributed by atoms with Crippen molar-refractivity contribution in [2.45, 2.75) is 20.5 Å². The Morgan fingerprint density at radius 3 is 2.77 bits per heavy atom. The number of hydrogen-bond donors (Lipinski definition) is 2. The molecule has 2 N–H and O–H groups in total. The molecule has 2 aromatic carbocycles. The molecule has 0 saturated carbocycles. The molecule has 2 rings (SSSR count). The number of amides is 1. The summed E-state index contributed by atoms with van der Waals surface area (Å²) in [6, 6.07) is 13.3. The number of rotatable bonds is 6. The predicted molar refractivity (Wildman–Crippen MR) is 86.1 cm³/mol. The van der Waals surface area contributed by atoms with Crippen molar-refractivity contribution in [3.8, 4) is 5.75 Å². The molecule has 0 atom stereocenters. The van der Waals surface area contributed by atoms with E-state index in [1.807, 2.05) is 6.07 Å². The maximum atomic E-state index is 11.9. The Kier molecular flexibility index (Phi) is 5.55. The lowest BCUT2D eigenvalue weighted by Gasteiger charge is -2.11.